The third kappa shape index (κ3) is 5.30. The summed E-state index contributed by atoms with van der Waals surface area (Å²) in [7, 11) is 0.432. The molecular weight excluding hydrogens is 264 g/mol. The smallest absolute Gasteiger partial charge is 0.237 e. The quantitative estimate of drug-likeness (QED) is 0.748. The largest absolute Gasteiger partial charge is 0.497 e. The van der Waals surface area contributed by atoms with E-state index in [0.717, 1.165) is 12.8 Å². The highest BCUT2D eigenvalue weighted by Gasteiger charge is 2.10. The first-order chi connectivity index (χ1) is 9.06. The zero-order valence-electron chi connectivity index (χ0n) is 11.3. The van der Waals surface area contributed by atoms with Gasteiger partial charge < -0.3 is 15.8 Å². The second kappa shape index (κ2) is 7.78. The molecule has 1 rings (SSSR count). The third-order valence-electron chi connectivity index (χ3n) is 2.55. The van der Waals surface area contributed by atoms with Crippen molar-refractivity contribution in [1.82, 2.24) is 0 Å². The predicted octanol–water partition coefficient (Wildman–Crippen LogP) is 1.76. The first-order valence-corrected chi connectivity index (χ1v) is 7.64. The molecular formula is C13H20N2O3S. The maximum atomic E-state index is 11.7. The summed E-state index contributed by atoms with van der Waals surface area (Å²) < 4.78 is 16.6. The number of unbranched alkanes of at least 4 members (excludes halogenated alkanes) is 1. The van der Waals surface area contributed by atoms with Gasteiger partial charge in [0.1, 0.15) is 11.5 Å². The molecule has 0 saturated carbocycles. The van der Waals surface area contributed by atoms with Gasteiger partial charge in [-0.15, -0.1) is 0 Å². The van der Waals surface area contributed by atoms with Gasteiger partial charge in [-0.05, 0) is 18.6 Å². The number of hydrogen-bond donors (Lipinski definition) is 2. The molecule has 0 aromatic heterocycles. The van der Waals surface area contributed by atoms with Gasteiger partial charge in [-0.25, -0.2) is 0 Å². The molecule has 5 nitrogen and oxygen atoms in total. The van der Waals surface area contributed by atoms with Crippen molar-refractivity contribution in [2.45, 2.75) is 19.8 Å². The van der Waals surface area contributed by atoms with Crippen LogP contribution in [0.3, 0.4) is 0 Å². The van der Waals surface area contributed by atoms with Crippen LogP contribution in [0.15, 0.2) is 18.2 Å². The summed E-state index contributed by atoms with van der Waals surface area (Å²) in [5.41, 5.74) is 6.72. The Labute approximate surface area is 116 Å². The second-order valence-corrected chi connectivity index (χ2v) is 5.72. The van der Waals surface area contributed by atoms with Gasteiger partial charge in [-0.2, -0.15) is 0 Å². The Morgan fingerprint density at radius 3 is 2.79 bits per heavy atom. The normalized spacial score (nSPS) is 11.9. The molecule has 0 aliphatic carbocycles. The molecule has 106 valence electrons. The Hall–Kier alpha value is -1.56. The molecule has 1 aromatic carbocycles. The number of carbonyl (C=O) groups excluding carboxylic acids is 1. The molecule has 3 N–H and O–H groups in total. The van der Waals surface area contributed by atoms with Crippen LogP contribution in [0.25, 0.3) is 0 Å². The Morgan fingerprint density at radius 2 is 2.21 bits per heavy atom. The molecule has 0 aliphatic rings. The van der Waals surface area contributed by atoms with Crippen molar-refractivity contribution >= 4 is 28.1 Å². The minimum absolute atomic E-state index is 0.00543. The highest BCUT2D eigenvalue weighted by Crippen LogP contribution is 2.23. The Morgan fingerprint density at radius 1 is 1.47 bits per heavy atom. The zero-order valence-corrected chi connectivity index (χ0v) is 12.1. The molecule has 19 heavy (non-hydrogen) atoms. The Kier molecular flexibility index (Phi) is 6.35. The number of nitrogen functional groups attached to an aromatic ring is 1. The van der Waals surface area contributed by atoms with Crippen molar-refractivity contribution in [3.05, 3.63) is 18.2 Å². The molecule has 0 spiro atoms. The number of anilines is 2. The van der Waals surface area contributed by atoms with Gasteiger partial charge in [-0.1, -0.05) is 13.3 Å². The first kappa shape index (κ1) is 15.5. The van der Waals surface area contributed by atoms with Crippen LogP contribution in [0.1, 0.15) is 19.8 Å². The van der Waals surface area contributed by atoms with Crippen LogP contribution in [-0.2, 0) is 15.6 Å². The zero-order chi connectivity index (χ0) is 14.3. The van der Waals surface area contributed by atoms with Gasteiger partial charge in [0.15, 0.2) is 0 Å². The van der Waals surface area contributed by atoms with Crippen molar-refractivity contribution in [3.63, 3.8) is 0 Å². The highest BCUT2D eigenvalue weighted by molar-refractivity contribution is 7.85. The molecule has 0 aliphatic heterocycles. The fourth-order valence-corrected chi connectivity index (χ4v) is 2.61. The van der Waals surface area contributed by atoms with Crippen LogP contribution < -0.4 is 15.8 Å². The Bertz CT molecular complexity index is 463. The average Bonchev–Trinajstić information content (AvgIpc) is 2.38. The topological polar surface area (TPSA) is 81.4 Å². The van der Waals surface area contributed by atoms with E-state index in [0.29, 0.717) is 22.9 Å². The minimum atomic E-state index is -1.11. The molecule has 0 fully saturated rings. The summed E-state index contributed by atoms with van der Waals surface area (Å²) in [5.74, 6) is 0.904. The number of benzene rings is 1. The average molecular weight is 284 g/mol. The van der Waals surface area contributed by atoms with Crippen molar-refractivity contribution in [2.75, 3.05) is 29.7 Å². The lowest BCUT2D eigenvalue weighted by atomic mass is 10.2. The number of ether oxygens (including phenoxy) is 1. The first-order valence-electron chi connectivity index (χ1n) is 6.15. The van der Waals surface area contributed by atoms with E-state index in [1.54, 1.807) is 25.3 Å². The lowest BCUT2D eigenvalue weighted by Gasteiger charge is -2.09. The van der Waals surface area contributed by atoms with E-state index < -0.39 is 10.8 Å². The number of rotatable bonds is 7. The van der Waals surface area contributed by atoms with E-state index in [-0.39, 0.29) is 11.7 Å². The van der Waals surface area contributed by atoms with Gasteiger partial charge >= 0.3 is 0 Å². The van der Waals surface area contributed by atoms with Crippen molar-refractivity contribution in [1.29, 1.82) is 0 Å². The molecule has 6 heteroatoms. The maximum Gasteiger partial charge on any atom is 0.237 e. The predicted molar refractivity (Wildman–Crippen MR) is 78.8 cm³/mol. The lowest BCUT2D eigenvalue weighted by molar-refractivity contribution is -0.113. The van der Waals surface area contributed by atoms with Crippen LogP contribution in [0, 0.1) is 0 Å². The molecule has 1 aromatic rings. The van der Waals surface area contributed by atoms with Gasteiger partial charge in [0.05, 0.1) is 18.5 Å². The molecule has 1 amide bonds. The molecule has 1 unspecified atom stereocenters. The summed E-state index contributed by atoms with van der Waals surface area (Å²) in [6, 6.07) is 5.00. The molecule has 0 heterocycles. The van der Waals surface area contributed by atoms with Gasteiger partial charge in [-0.3, -0.25) is 9.00 Å². The Balaban J connectivity index is 2.55. The highest BCUT2D eigenvalue weighted by atomic mass is 32.2. The number of nitrogens with one attached hydrogen (secondary N) is 1. The summed E-state index contributed by atoms with van der Waals surface area (Å²) >= 11 is 0. The molecule has 1 atom stereocenters. The van der Waals surface area contributed by atoms with E-state index in [9.17, 15) is 9.00 Å². The van der Waals surface area contributed by atoms with Crippen molar-refractivity contribution in [2.24, 2.45) is 0 Å². The summed E-state index contributed by atoms with van der Waals surface area (Å²) in [4.78, 5) is 11.7. The van der Waals surface area contributed by atoms with Gasteiger partial charge in [0.25, 0.3) is 0 Å². The third-order valence-corrected chi connectivity index (χ3v) is 3.88. The number of amides is 1. The fraction of sp³-hybridized carbons (Fsp3) is 0.462. The van der Waals surface area contributed by atoms with Crippen molar-refractivity contribution < 1.29 is 13.7 Å². The number of methoxy groups -OCH3 is 1. The van der Waals surface area contributed by atoms with Gasteiger partial charge in [0, 0.05) is 22.6 Å². The summed E-state index contributed by atoms with van der Waals surface area (Å²) in [5, 5.41) is 2.66. The van der Waals surface area contributed by atoms with Crippen LogP contribution >= 0.6 is 0 Å². The van der Waals surface area contributed by atoms with E-state index >= 15 is 0 Å². The SMILES string of the molecule is CCCCS(=O)CC(=O)Nc1ccc(OC)cc1N. The maximum absolute atomic E-state index is 11.7. The van der Waals surface area contributed by atoms with Gasteiger partial charge in [0.2, 0.25) is 5.91 Å². The molecule has 0 saturated heterocycles. The molecule has 0 bridgehead atoms. The van der Waals surface area contributed by atoms with Crippen LogP contribution in [0.2, 0.25) is 0 Å². The monoisotopic (exact) mass is 284 g/mol. The fourth-order valence-electron chi connectivity index (χ4n) is 1.49. The second-order valence-electron chi connectivity index (χ2n) is 4.14. The van der Waals surface area contributed by atoms with E-state index in [4.69, 9.17) is 10.5 Å². The number of nitrogens with two attached hydrogens (primary N) is 1. The van der Waals surface area contributed by atoms with Crippen molar-refractivity contribution in [3.8, 4) is 5.75 Å². The lowest BCUT2D eigenvalue weighted by Crippen LogP contribution is -2.21. The minimum Gasteiger partial charge on any atom is -0.497 e. The van der Waals surface area contributed by atoms with E-state index in [1.165, 1.54) is 0 Å². The molecule has 0 radical (unpaired) electrons. The summed E-state index contributed by atoms with van der Waals surface area (Å²) in [6.07, 6.45) is 1.84. The number of carbonyl (C=O) groups is 1. The standard InChI is InChI=1S/C13H20N2O3S/c1-3-4-7-19(17)9-13(16)15-12-6-5-10(18-2)8-11(12)14/h5-6,8H,3-4,7,9,14H2,1-2H3,(H,15,16). The van der Waals surface area contributed by atoms with Crippen LogP contribution in [-0.4, -0.2) is 28.7 Å². The van der Waals surface area contributed by atoms with Crippen LogP contribution in [0.4, 0.5) is 11.4 Å². The van der Waals surface area contributed by atoms with E-state index in [2.05, 4.69) is 5.32 Å². The van der Waals surface area contributed by atoms with E-state index in [1.807, 2.05) is 6.92 Å². The number of hydrogen-bond acceptors (Lipinski definition) is 4. The van der Waals surface area contributed by atoms with Crippen LogP contribution in [0.5, 0.6) is 5.75 Å². The summed E-state index contributed by atoms with van der Waals surface area (Å²) in [6.45, 7) is 2.02.